The van der Waals surface area contributed by atoms with Crippen molar-refractivity contribution in [2.75, 3.05) is 18.4 Å². The van der Waals surface area contributed by atoms with E-state index >= 15 is 0 Å². The lowest BCUT2D eigenvalue weighted by molar-refractivity contribution is -0.121. The van der Waals surface area contributed by atoms with Gasteiger partial charge < -0.3 is 10.2 Å². The maximum absolute atomic E-state index is 13.6. The van der Waals surface area contributed by atoms with Crippen molar-refractivity contribution in [2.24, 2.45) is 5.92 Å². The molecule has 5 nitrogen and oxygen atoms in total. The Kier molecular flexibility index (Phi) is 6.04. The van der Waals surface area contributed by atoms with Crippen LogP contribution in [-0.4, -0.2) is 34.8 Å². The number of hydrogen-bond donors (Lipinski definition) is 1. The maximum atomic E-state index is 13.6. The minimum Gasteiger partial charge on any atom is -0.339 e. The van der Waals surface area contributed by atoms with Crippen LogP contribution >= 0.6 is 0 Å². The summed E-state index contributed by atoms with van der Waals surface area (Å²) >= 11 is 0. The van der Waals surface area contributed by atoms with E-state index in [2.05, 4.69) is 5.32 Å². The summed E-state index contributed by atoms with van der Waals surface area (Å²) in [6.07, 6.45) is 1.22. The third-order valence-corrected chi connectivity index (χ3v) is 6.28. The van der Waals surface area contributed by atoms with E-state index in [1.165, 1.54) is 12.1 Å². The highest BCUT2D eigenvalue weighted by atomic mass is 19.1. The van der Waals surface area contributed by atoms with E-state index in [0.29, 0.717) is 42.7 Å². The molecule has 6 heteroatoms. The fourth-order valence-electron chi connectivity index (χ4n) is 4.40. The number of aromatic nitrogens is 1. The molecular formula is C28H24FN3O2. The Balaban J connectivity index is 1.35. The van der Waals surface area contributed by atoms with Crippen LogP contribution in [0, 0.1) is 11.7 Å². The van der Waals surface area contributed by atoms with Crippen molar-refractivity contribution < 1.29 is 14.0 Å². The first kappa shape index (κ1) is 21.8. The number of anilines is 1. The third-order valence-electron chi connectivity index (χ3n) is 6.28. The normalized spacial score (nSPS) is 14.2. The lowest BCUT2D eigenvalue weighted by Crippen LogP contribution is -2.41. The number of para-hydroxylation sites is 2. The Morgan fingerprint density at radius 2 is 1.56 bits per heavy atom. The second-order valence-corrected chi connectivity index (χ2v) is 8.50. The topological polar surface area (TPSA) is 62.3 Å². The van der Waals surface area contributed by atoms with Gasteiger partial charge in [-0.2, -0.15) is 0 Å². The van der Waals surface area contributed by atoms with E-state index in [1.807, 2.05) is 59.5 Å². The SMILES string of the molecule is O=C(Nc1ccccc1)C1CCN(C(=O)c2cc(-c3ccc(F)cc3)nc3ccccc23)CC1. The average molecular weight is 454 g/mol. The van der Waals surface area contributed by atoms with Crippen LogP contribution in [0.5, 0.6) is 0 Å². The highest BCUT2D eigenvalue weighted by Gasteiger charge is 2.29. The first-order valence-corrected chi connectivity index (χ1v) is 11.4. The third kappa shape index (κ3) is 4.53. The summed E-state index contributed by atoms with van der Waals surface area (Å²) < 4.78 is 13.4. The number of nitrogens with zero attached hydrogens (tertiary/aromatic N) is 2. The average Bonchev–Trinajstić information content (AvgIpc) is 2.89. The second kappa shape index (κ2) is 9.43. The van der Waals surface area contributed by atoms with Gasteiger partial charge in [0.1, 0.15) is 5.82 Å². The summed E-state index contributed by atoms with van der Waals surface area (Å²) in [5, 5.41) is 3.74. The first-order valence-electron chi connectivity index (χ1n) is 11.4. The number of fused-ring (bicyclic) bond motifs is 1. The largest absolute Gasteiger partial charge is 0.339 e. The summed E-state index contributed by atoms with van der Waals surface area (Å²) in [6.45, 7) is 1.02. The minimum absolute atomic E-state index is 0.00810. The van der Waals surface area contributed by atoms with Crippen LogP contribution < -0.4 is 5.32 Å². The summed E-state index contributed by atoms with van der Waals surface area (Å²) in [7, 11) is 0. The number of nitrogens with one attached hydrogen (secondary N) is 1. The molecule has 2 amide bonds. The molecule has 2 heterocycles. The van der Waals surface area contributed by atoms with Crippen LogP contribution in [0.4, 0.5) is 10.1 Å². The van der Waals surface area contributed by atoms with Gasteiger partial charge in [-0.15, -0.1) is 0 Å². The van der Waals surface area contributed by atoms with Gasteiger partial charge >= 0.3 is 0 Å². The number of rotatable bonds is 4. The molecule has 0 saturated carbocycles. The van der Waals surface area contributed by atoms with Crippen LogP contribution in [0.1, 0.15) is 23.2 Å². The Hall–Kier alpha value is -4.06. The van der Waals surface area contributed by atoms with Crippen molar-refractivity contribution in [1.29, 1.82) is 0 Å². The molecule has 34 heavy (non-hydrogen) atoms. The first-order chi connectivity index (χ1) is 16.6. The summed E-state index contributed by atoms with van der Waals surface area (Å²) in [4.78, 5) is 32.7. The van der Waals surface area contributed by atoms with E-state index in [0.717, 1.165) is 16.6 Å². The number of piperidine rings is 1. The van der Waals surface area contributed by atoms with E-state index in [-0.39, 0.29) is 23.5 Å². The number of amides is 2. The second-order valence-electron chi connectivity index (χ2n) is 8.50. The van der Waals surface area contributed by atoms with Gasteiger partial charge in [-0.1, -0.05) is 36.4 Å². The van der Waals surface area contributed by atoms with Gasteiger partial charge in [-0.05, 0) is 61.4 Å². The molecule has 170 valence electrons. The molecule has 1 saturated heterocycles. The van der Waals surface area contributed by atoms with Crippen molar-refractivity contribution >= 4 is 28.4 Å². The number of likely N-dealkylation sites (tertiary alicyclic amines) is 1. The van der Waals surface area contributed by atoms with Gasteiger partial charge in [-0.3, -0.25) is 9.59 Å². The summed E-state index contributed by atoms with van der Waals surface area (Å²) in [5.41, 5.74) is 3.43. The van der Waals surface area contributed by atoms with Crippen LogP contribution in [0.3, 0.4) is 0 Å². The van der Waals surface area contributed by atoms with Crippen molar-refractivity contribution in [1.82, 2.24) is 9.88 Å². The van der Waals surface area contributed by atoms with Crippen LogP contribution in [0.2, 0.25) is 0 Å². The van der Waals surface area contributed by atoms with Crippen LogP contribution in [0.15, 0.2) is 84.9 Å². The molecule has 1 aliphatic heterocycles. The van der Waals surface area contributed by atoms with E-state index in [1.54, 1.807) is 18.2 Å². The Labute approximate surface area is 197 Å². The van der Waals surface area contributed by atoms with Gasteiger partial charge in [-0.25, -0.2) is 9.37 Å². The minimum atomic E-state index is -0.319. The standard InChI is InChI=1S/C28H24FN3O2/c29-21-12-10-19(11-13-21)26-18-24(23-8-4-5-9-25(23)31-26)28(34)32-16-14-20(15-17-32)27(33)30-22-6-2-1-3-7-22/h1-13,18,20H,14-17H2,(H,30,33). The predicted molar refractivity (Wildman–Crippen MR) is 131 cm³/mol. The van der Waals surface area contributed by atoms with Crippen molar-refractivity contribution in [2.45, 2.75) is 12.8 Å². The van der Waals surface area contributed by atoms with Crippen molar-refractivity contribution in [3.8, 4) is 11.3 Å². The highest BCUT2D eigenvalue weighted by Crippen LogP contribution is 2.28. The van der Waals surface area contributed by atoms with Crippen LogP contribution in [0.25, 0.3) is 22.2 Å². The molecule has 1 aromatic heterocycles. The lowest BCUT2D eigenvalue weighted by atomic mass is 9.94. The number of pyridine rings is 1. The quantitative estimate of drug-likeness (QED) is 0.442. The number of hydrogen-bond acceptors (Lipinski definition) is 3. The molecule has 1 fully saturated rings. The monoisotopic (exact) mass is 453 g/mol. The molecule has 0 aliphatic carbocycles. The molecule has 0 unspecified atom stereocenters. The molecular weight excluding hydrogens is 429 g/mol. The fraction of sp³-hybridized carbons (Fsp3) is 0.179. The number of halogens is 1. The Morgan fingerprint density at radius 3 is 2.29 bits per heavy atom. The molecule has 1 N–H and O–H groups in total. The molecule has 1 aliphatic rings. The Bertz CT molecular complexity index is 1330. The van der Waals surface area contributed by atoms with E-state index in [4.69, 9.17) is 4.98 Å². The van der Waals surface area contributed by atoms with Crippen LogP contribution in [-0.2, 0) is 4.79 Å². The predicted octanol–water partition coefficient (Wildman–Crippen LogP) is 5.53. The maximum Gasteiger partial charge on any atom is 0.254 e. The summed E-state index contributed by atoms with van der Waals surface area (Å²) in [6, 6.07) is 24.8. The molecule has 0 spiro atoms. The van der Waals surface area contributed by atoms with Gasteiger partial charge in [0.05, 0.1) is 16.8 Å². The molecule has 0 atom stereocenters. The lowest BCUT2D eigenvalue weighted by Gasteiger charge is -2.31. The zero-order valence-corrected chi connectivity index (χ0v) is 18.6. The Morgan fingerprint density at radius 1 is 0.882 bits per heavy atom. The zero-order valence-electron chi connectivity index (χ0n) is 18.6. The van der Waals surface area contributed by atoms with Gasteiger partial charge in [0.25, 0.3) is 5.91 Å². The molecule has 0 bridgehead atoms. The summed E-state index contributed by atoms with van der Waals surface area (Å²) in [5.74, 6) is -0.539. The van der Waals surface area contributed by atoms with Gasteiger partial charge in [0.15, 0.2) is 0 Å². The fourth-order valence-corrected chi connectivity index (χ4v) is 4.40. The number of carbonyl (C=O) groups is 2. The molecule has 4 aromatic rings. The number of benzene rings is 3. The molecule has 5 rings (SSSR count). The van der Waals surface area contributed by atoms with Gasteiger partial charge in [0, 0.05) is 35.6 Å². The van der Waals surface area contributed by atoms with Crippen molar-refractivity contribution in [3.63, 3.8) is 0 Å². The molecule has 0 radical (unpaired) electrons. The van der Waals surface area contributed by atoms with E-state index < -0.39 is 0 Å². The van der Waals surface area contributed by atoms with Crippen molar-refractivity contribution in [3.05, 3.63) is 96.3 Å². The number of carbonyl (C=O) groups excluding carboxylic acids is 2. The highest BCUT2D eigenvalue weighted by molar-refractivity contribution is 6.07. The van der Waals surface area contributed by atoms with Gasteiger partial charge in [0.2, 0.25) is 5.91 Å². The smallest absolute Gasteiger partial charge is 0.254 e. The van der Waals surface area contributed by atoms with E-state index in [9.17, 15) is 14.0 Å². The molecule has 3 aromatic carbocycles. The zero-order chi connectivity index (χ0) is 23.5.